The lowest BCUT2D eigenvalue weighted by Crippen LogP contribution is -2.28. The minimum Gasteiger partial charge on any atom is -0.496 e. The summed E-state index contributed by atoms with van der Waals surface area (Å²) < 4.78 is 12.8. The summed E-state index contributed by atoms with van der Waals surface area (Å²) in [5, 5.41) is 2.97. The van der Waals surface area contributed by atoms with Gasteiger partial charge in [0, 0.05) is 5.56 Å². The van der Waals surface area contributed by atoms with E-state index in [1.807, 2.05) is 55.5 Å². The van der Waals surface area contributed by atoms with Crippen LogP contribution in [0.3, 0.4) is 0 Å². The zero-order valence-corrected chi connectivity index (χ0v) is 15.8. The lowest BCUT2D eigenvalue weighted by Gasteiger charge is -2.17. The Hall–Kier alpha value is -3.54. The Kier molecular flexibility index (Phi) is 4.85. The molecule has 0 radical (unpaired) electrons. The van der Waals surface area contributed by atoms with Gasteiger partial charge in [0.1, 0.15) is 11.6 Å². The SMILES string of the molecule is COc1ccccc1Cn1c([C@H](C)NC(=O)c2ccco2)nc2ccccc21. The zero-order valence-electron chi connectivity index (χ0n) is 15.8. The van der Waals surface area contributed by atoms with Crippen LogP contribution in [0.25, 0.3) is 11.0 Å². The quantitative estimate of drug-likeness (QED) is 0.549. The number of carbonyl (C=O) groups is 1. The van der Waals surface area contributed by atoms with Gasteiger partial charge in [-0.05, 0) is 37.3 Å². The molecule has 2 heterocycles. The molecule has 0 fully saturated rings. The molecule has 6 heteroatoms. The van der Waals surface area contributed by atoms with Crippen LogP contribution in [0.5, 0.6) is 5.75 Å². The smallest absolute Gasteiger partial charge is 0.287 e. The fourth-order valence-corrected chi connectivity index (χ4v) is 3.33. The largest absolute Gasteiger partial charge is 0.496 e. The second-order valence-electron chi connectivity index (χ2n) is 6.53. The second kappa shape index (κ2) is 7.60. The number of aromatic nitrogens is 2. The Balaban J connectivity index is 1.71. The van der Waals surface area contributed by atoms with Crippen LogP contribution in [0.1, 0.15) is 34.9 Å². The average molecular weight is 375 g/mol. The van der Waals surface area contributed by atoms with Gasteiger partial charge in [0.2, 0.25) is 0 Å². The summed E-state index contributed by atoms with van der Waals surface area (Å²) >= 11 is 0. The van der Waals surface area contributed by atoms with Crippen LogP contribution in [0, 0.1) is 0 Å². The van der Waals surface area contributed by atoms with Gasteiger partial charge in [-0.2, -0.15) is 0 Å². The predicted octanol–water partition coefficient (Wildman–Crippen LogP) is 4.18. The number of benzene rings is 2. The van der Waals surface area contributed by atoms with Gasteiger partial charge in [-0.3, -0.25) is 4.79 Å². The van der Waals surface area contributed by atoms with Crippen molar-refractivity contribution in [3.63, 3.8) is 0 Å². The number of fused-ring (bicyclic) bond motifs is 1. The molecule has 4 aromatic rings. The molecule has 2 aromatic heterocycles. The summed E-state index contributed by atoms with van der Waals surface area (Å²) in [6.45, 7) is 2.50. The molecule has 6 nitrogen and oxygen atoms in total. The molecule has 0 unspecified atom stereocenters. The fraction of sp³-hybridized carbons (Fsp3) is 0.182. The third kappa shape index (κ3) is 3.36. The van der Waals surface area contributed by atoms with E-state index in [4.69, 9.17) is 14.1 Å². The molecule has 0 saturated heterocycles. The number of hydrogen-bond donors (Lipinski definition) is 1. The summed E-state index contributed by atoms with van der Waals surface area (Å²) in [5.74, 6) is 1.60. The maximum atomic E-state index is 12.4. The van der Waals surface area contributed by atoms with E-state index >= 15 is 0 Å². The van der Waals surface area contributed by atoms with Crippen LogP contribution < -0.4 is 10.1 Å². The normalized spacial score (nSPS) is 12.1. The molecule has 0 aliphatic carbocycles. The number of methoxy groups -OCH3 is 1. The van der Waals surface area contributed by atoms with E-state index in [-0.39, 0.29) is 17.7 Å². The van der Waals surface area contributed by atoms with Crippen LogP contribution in [0.4, 0.5) is 0 Å². The summed E-state index contributed by atoms with van der Waals surface area (Å²) in [5.41, 5.74) is 2.92. The average Bonchev–Trinajstić information content (AvgIpc) is 3.37. The molecule has 4 rings (SSSR count). The monoisotopic (exact) mass is 375 g/mol. The first kappa shape index (κ1) is 17.9. The molecule has 1 atom stereocenters. The Morgan fingerprint density at radius 1 is 1.14 bits per heavy atom. The number of para-hydroxylation sites is 3. The number of nitrogens with zero attached hydrogens (tertiary/aromatic N) is 2. The first-order valence-corrected chi connectivity index (χ1v) is 9.09. The molecule has 0 aliphatic heterocycles. The molecule has 1 amide bonds. The standard InChI is InChI=1S/C22H21N3O3/c1-15(23-22(26)20-12-7-13-28-20)21-24-17-9-4-5-10-18(17)25(21)14-16-8-3-6-11-19(16)27-2/h3-13,15H,14H2,1-2H3,(H,23,26)/t15-/m0/s1. The topological polar surface area (TPSA) is 69.3 Å². The van der Waals surface area contributed by atoms with Crippen LogP contribution in [-0.4, -0.2) is 22.6 Å². The molecular formula is C22H21N3O3. The summed E-state index contributed by atoms with van der Waals surface area (Å²) in [7, 11) is 1.66. The van der Waals surface area contributed by atoms with Gasteiger partial charge in [-0.15, -0.1) is 0 Å². The third-order valence-corrected chi connectivity index (χ3v) is 4.68. The Morgan fingerprint density at radius 2 is 1.93 bits per heavy atom. The van der Waals surface area contributed by atoms with Gasteiger partial charge in [-0.1, -0.05) is 30.3 Å². The number of furan rings is 1. The number of nitrogens with one attached hydrogen (secondary N) is 1. The summed E-state index contributed by atoms with van der Waals surface area (Å²) in [6.07, 6.45) is 1.48. The van der Waals surface area contributed by atoms with Crippen molar-refractivity contribution in [3.05, 3.63) is 84.1 Å². The highest BCUT2D eigenvalue weighted by molar-refractivity contribution is 5.91. The van der Waals surface area contributed by atoms with Gasteiger partial charge in [0.05, 0.1) is 37.0 Å². The van der Waals surface area contributed by atoms with E-state index in [9.17, 15) is 4.79 Å². The molecule has 28 heavy (non-hydrogen) atoms. The second-order valence-corrected chi connectivity index (χ2v) is 6.53. The minimum atomic E-state index is -0.306. The first-order chi connectivity index (χ1) is 13.7. The van der Waals surface area contributed by atoms with Crippen molar-refractivity contribution in [1.29, 1.82) is 0 Å². The first-order valence-electron chi connectivity index (χ1n) is 9.09. The van der Waals surface area contributed by atoms with Crippen LogP contribution in [0.15, 0.2) is 71.3 Å². The van der Waals surface area contributed by atoms with Gasteiger partial charge >= 0.3 is 0 Å². The lowest BCUT2D eigenvalue weighted by atomic mass is 10.2. The molecule has 1 N–H and O–H groups in total. The fourth-order valence-electron chi connectivity index (χ4n) is 3.33. The summed E-state index contributed by atoms with van der Waals surface area (Å²) in [6, 6.07) is 18.9. The molecule has 0 aliphatic rings. The van der Waals surface area contributed by atoms with Crippen molar-refractivity contribution >= 4 is 16.9 Å². The van der Waals surface area contributed by atoms with Crippen molar-refractivity contribution in [2.45, 2.75) is 19.5 Å². The van der Waals surface area contributed by atoms with Crippen molar-refractivity contribution in [2.24, 2.45) is 0 Å². The van der Waals surface area contributed by atoms with E-state index in [1.165, 1.54) is 6.26 Å². The van der Waals surface area contributed by atoms with Gasteiger partial charge in [-0.25, -0.2) is 4.98 Å². The maximum absolute atomic E-state index is 12.4. The van der Waals surface area contributed by atoms with Crippen molar-refractivity contribution in [1.82, 2.24) is 14.9 Å². The Bertz CT molecular complexity index is 1100. The van der Waals surface area contributed by atoms with E-state index in [1.54, 1.807) is 19.2 Å². The number of carbonyl (C=O) groups excluding carboxylic acids is 1. The van der Waals surface area contributed by atoms with Crippen LogP contribution >= 0.6 is 0 Å². The highest BCUT2D eigenvalue weighted by atomic mass is 16.5. The number of imidazole rings is 1. The number of rotatable bonds is 6. The zero-order chi connectivity index (χ0) is 19.5. The molecule has 0 saturated carbocycles. The van der Waals surface area contributed by atoms with E-state index in [2.05, 4.69) is 9.88 Å². The lowest BCUT2D eigenvalue weighted by molar-refractivity contribution is 0.0909. The molecule has 0 bridgehead atoms. The van der Waals surface area contributed by atoms with Crippen LogP contribution in [-0.2, 0) is 6.54 Å². The van der Waals surface area contributed by atoms with Crippen molar-refractivity contribution in [2.75, 3.05) is 7.11 Å². The Labute approximate surface area is 162 Å². The molecule has 2 aromatic carbocycles. The highest BCUT2D eigenvalue weighted by Gasteiger charge is 2.20. The van der Waals surface area contributed by atoms with Crippen molar-refractivity contribution < 1.29 is 13.9 Å². The summed E-state index contributed by atoms with van der Waals surface area (Å²) in [4.78, 5) is 17.2. The Morgan fingerprint density at radius 3 is 2.71 bits per heavy atom. The van der Waals surface area contributed by atoms with E-state index in [0.29, 0.717) is 6.54 Å². The van der Waals surface area contributed by atoms with Gasteiger partial charge in [0.15, 0.2) is 5.76 Å². The minimum absolute atomic E-state index is 0.270. The third-order valence-electron chi connectivity index (χ3n) is 4.68. The number of ether oxygens (including phenoxy) is 1. The molecule has 142 valence electrons. The predicted molar refractivity (Wildman–Crippen MR) is 106 cm³/mol. The van der Waals surface area contributed by atoms with Gasteiger partial charge in [0.25, 0.3) is 5.91 Å². The highest BCUT2D eigenvalue weighted by Crippen LogP contribution is 2.25. The number of amides is 1. The van der Waals surface area contributed by atoms with E-state index in [0.717, 1.165) is 28.2 Å². The molecular weight excluding hydrogens is 354 g/mol. The van der Waals surface area contributed by atoms with Crippen molar-refractivity contribution in [3.8, 4) is 5.75 Å². The number of hydrogen-bond acceptors (Lipinski definition) is 4. The van der Waals surface area contributed by atoms with E-state index < -0.39 is 0 Å². The van der Waals surface area contributed by atoms with Crippen LogP contribution in [0.2, 0.25) is 0 Å². The maximum Gasteiger partial charge on any atom is 0.287 e. The van der Waals surface area contributed by atoms with Gasteiger partial charge < -0.3 is 19.0 Å². The molecule has 0 spiro atoms.